The van der Waals surface area contributed by atoms with E-state index in [4.69, 9.17) is 5.73 Å². The highest BCUT2D eigenvalue weighted by molar-refractivity contribution is 5.97. The Hall–Kier alpha value is -2.18. The summed E-state index contributed by atoms with van der Waals surface area (Å²) in [6, 6.07) is 1.62. The minimum atomic E-state index is -1.02. The van der Waals surface area contributed by atoms with Crippen LogP contribution in [-0.2, 0) is 4.79 Å². The van der Waals surface area contributed by atoms with Crippen molar-refractivity contribution in [2.24, 2.45) is 0 Å². The van der Waals surface area contributed by atoms with Crippen LogP contribution in [0.2, 0.25) is 0 Å². The number of halogens is 2. The highest BCUT2D eigenvalue weighted by Gasteiger charge is 2.23. The zero-order chi connectivity index (χ0) is 14.0. The second-order valence-corrected chi connectivity index (χ2v) is 4.38. The predicted molar refractivity (Wildman–Crippen MR) is 64.3 cm³/mol. The van der Waals surface area contributed by atoms with E-state index < -0.39 is 23.1 Å². The quantitative estimate of drug-likeness (QED) is 0.698. The summed E-state index contributed by atoms with van der Waals surface area (Å²) in [5.74, 6) is -3.10. The Bertz CT molecular complexity index is 530. The summed E-state index contributed by atoms with van der Waals surface area (Å²) < 4.78 is 26.3. The standard InChI is InChI=1S/C12H13F2N3O2/c13-8-4-9(14)10(15)3-7(8)12(19)16-5-11(18)17-6-1-2-6/h3-4,6H,1-2,5,15H2,(H,16,19)(H,17,18). The lowest BCUT2D eigenvalue weighted by molar-refractivity contribution is -0.120. The van der Waals surface area contributed by atoms with Crippen LogP contribution in [0.1, 0.15) is 23.2 Å². The van der Waals surface area contributed by atoms with Crippen molar-refractivity contribution in [1.82, 2.24) is 10.6 Å². The Labute approximate surface area is 108 Å². The molecule has 19 heavy (non-hydrogen) atoms. The van der Waals surface area contributed by atoms with E-state index in [1.807, 2.05) is 0 Å². The molecule has 2 amide bonds. The number of carbonyl (C=O) groups excluding carboxylic acids is 2. The number of nitrogens with one attached hydrogen (secondary N) is 2. The number of hydrogen-bond donors (Lipinski definition) is 3. The Balaban J connectivity index is 1.95. The van der Waals surface area contributed by atoms with E-state index >= 15 is 0 Å². The first-order valence-electron chi connectivity index (χ1n) is 5.79. The Kier molecular flexibility index (Phi) is 3.64. The highest BCUT2D eigenvalue weighted by atomic mass is 19.1. The van der Waals surface area contributed by atoms with Gasteiger partial charge in [-0.05, 0) is 18.9 Å². The van der Waals surface area contributed by atoms with E-state index in [9.17, 15) is 18.4 Å². The molecule has 1 fully saturated rings. The van der Waals surface area contributed by atoms with Crippen LogP contribution >= 0.6 is 0 Å². The normalized spacial score (nSPS) is 14.0. The molecule has 0 unspecified atom stereocenters. The molecule has 102 valence electrons. The van der Waals surface area contributed by atoms with E-state index in [1.54, 1.807) is 0 Å². The first-order chi connectivity index (χ1) is 8.97. The van der Waals surface area contributed by atoms with Crippen LogP contribution in [0.4, 0.5) is 14.5 Å². The number of amides is 2. The third-order valence-electron chi connectivity index (χ3n) is 2.68. The van der Waals surface area contributed by atoms with Gasteiger partial charge in [0.05, 0.1) is 17.8 Å². The summed E-state index contributed by atoms with van der Waals surface area (Å²) in [5.41, 5.74) is 4.54. The van der Waals surface area contributed by atoms with Crippen molar-refractivity contribution in [2.75, 3.05) is 12.3 Å². The van der Waals surface area contributed by atoms with Crippen LogP contribution in [-0.4, -0.2) is 24.4 Å². The fourth-order valence-electron chi connectivity index (χ4n) is 1.50. The smallest absolute Gasteiger partial charge is 0.254 e. The molecule has 7 heteroatoms. The van der Waals surface area contributed by atoms with Gasteiger partial charge in [-0.3, -0.25) is 9.59 Å². The van der Waals surface area contributed by atoms with E-state index in [0.29, 0.717) is 6.07 Å². The van der Waals surface area contributed by atoms with E-state index in [0.717, 1.165) is 18.9 Å². The molecule has 1 aliphatic rings. The molecule has 1 aromatic rings. The van der Waals surface area contributed by atoms with Gasteiger partial charge in [-0.15, -0.1) is 0 Å². The van der Waals surface area contributed by atoms with Gasteiger partial charge < -0.3 is 16.4 Å². The molecule has 1 aromatic carbocycles. The highest BCUT2D eigenvalue weighted by Crippen LogP contribution is 2.18. The Morgan fingerprint density at radius 1 is 1.26 bits per heavy atom. The van der Waals surface area contributed by atoms with Crippen molar-refractivity contribution in [3.05, 3.63) is 29.3 Å². The van der Waals surface area contributed by atoms with Crippen molar-refractivity contribution < 1.29 is 18.4 Å². The molecular formula is C12H13F2N3O2. The summed E-state index contributed by atoms with van der Waals surface area (Å²) in [6.07, 6.45) is 1.87. The van der Waals surface area contributed by atoms with Crippen molar-refractivity contribution in [3.8, 4) is 0 Å². The number of hydrogen-bond acceptors (Lipinski definition) is 3. The van der Waals surface area contributed by atoms with E-state index in [1.165, 1.54) is 0 Å². The molecule has 1 saturated carbocycles. The Morgan fingerprint density at radius 2 is 1.95 bits per heavy atom. The van der Waals surface area contributed by atoms with Gasteiger partial charge in [-0.2, -0.15) is 0 Å². The first kappa shape index (κ1) is 13.3. The topological polar surface area (TPSA) is 84.2 Å². The summed E-state index contributed by atoms with van der Waals surface area (Å²) in [7, 11) is 0. The zero-order valence-corrected chi connectivity index (χ0v) is 10.0. The van der Waals surface area contributed by atoms with Gasteiger partial charge in [0.2, 0.25) is 5.91 Å². The maximum Gasteiger partial charge on any atom is 0.254 e. The molecule has 0 aliphatic heterocycles. The number of nitrogen functional groups attached to an aromatic ring is 1. The summed E-state index contributed by atoms with van der Waals surface area (Å²) >= 11 is 0. The molecule has 4 N–H and O–H groups in total. The monoisotopic (exact) mass is 269 g/mol. The van der Waals surface area contributed by atoms with Gasteiger partial charge in [0.25, 0.3) is 5.91 Å². The predicted octanol–water partition coefficient (Wildman–Crippen LogP) is 0.555. The minimum Gasteiger partial charge on any atom is -0.396 e. The van der Waals surface area contributed by atoms with Crippen LogP contribution in [0.15, 0.2) is 12.1 Å². The fourth-order valence-corrected chi connectivity index (χ4v) is 1.50. The summed E-state index contributed by atoms with van der Waals surface area (Å²) in [4.78, 5) is 23.0. The largest absolute Gasteiger partial charge is 0.396 e. The van der Waals surface area contributed by atoms with Gasteiger partial charge in [0.1, 0.15) is 11.6 Å². The van der Waals surface area contributed by atoms with Crippen LogP contribution in [0.25, 0.3) is 0 Å². The lowest BCUT2D eigenvalue weighted by Gasteiger charge is -2.07. The number of anilines is 1. The number of benzene rings is 1. The second kappa shape index (κ2) is 5.21. The average Bonchev–Trinajstić information content (AvgIpc) is 3.14. The van der Waals surface area contributed by atoms with Gasteiger partial charge in [0.15, 0.2) is 0 Å². The Morgan fingerprint density at radius 3 is 2.58 bits per heavy atom. The van der Waals surface area contributed by atoms with Gasteiger partial charge >= 0.3 is 0 Å². The van der Waals surface area contributed by atoms with E-state index in [2.05, 4.69) is 10.6 Å². The third kappa shape index (κ3) is 3.40. The van der Waals surface area contributed by atoms with Crippen LogP contribution < -0.4 is 16.4 Å². The molecule has 0 spiro atoms. The summed E-state index contributed by atoms with van der Waals surface area (Å²) in [5, 5.41) is 4.91. The summed E-state index contributed by atoms with van der Waals surface area (Å²) in [6.45, 7) is -0.258. The van der Waals surface area contributed by atoms with Crippen LogP contribution in [0.5, 0.6) is 0 Å². The molecule has 5 nitrogen and oxygen atoms in total. The SMILES string of the molecule is Nc1cc(C(=O)NCC(=O)NC2CC2)c(F)cc1F. The molecule has 0 saturated heterocycles. The average molecular weight is 269 g/mol. The van der Waals surface area contributed by atoms with Crippen molar-refractivity contribution in [2.45, 2.75) is 18.9 Å². The van der Waals surface area contributed by atoms with E-state index in [-0.39, 0.29) is 24.2 Å². The van der Waals surface area contributed by atoms with Crippen molar-refractivity contribution in [3.63, 3.8) is 0 Å². The second-order valence-electron chi connectivity index (χ2n) is 4.38. The maximum absolute atomic E-state index is 13.4. The zero-order valence-electron chi connectivity index (χ0n) is 10.0. The number of carbonyl (C=O) groups is 2. The lowest BCUT2D eigenvalue weighted by atomic mass is 10.1. The third-order valence-corrected chi connectivity index (χ3v) is 2.68. The van der Waals surface area contributed by atoms with Gasteiger partial charge in [-0.25, -0.2) is 8.78 Å². The lowest BCUT2D eigenvalue weighted by Crippen LogP contribution is -2.38. The molecule has 0 heterocycles. The first-order valence-corrected chi connectivity index (χ1v) is 5.79. The molecule has 2 rings (SSSR count). The molecule has 0 atom stereocenters. The van der Waals surface area contributed by atoms with Crippen molar-refractivity contribution >= 4 is 17.5 Å². The van der Waals surface area contributed by atoms with Gasteiger partial charge in [-0.1, -0.05) is 0 Å². The maximum atomic E-state index is 13.4. The van der Waals surface area contributed by atoms with Crippen LogP contribution in [0, 0.1) is 11.6 Å². The molecule has 1 aliphatic carbocycles. The minimum absolute atomic E-state index is 0.183. The number of rotatable bonds is 4. The molecular weight excluding hydrogens is 256 g/mol. The molecule has 0 aromatic heterocycles. The number of nitrogens with two attached hydrogens (primary N) is 1. The van der Waals surface area contributed by atoms with Gasteiger partial charge in [0, 0.05) is 12.1 Å². The van der Waals surface area contributed by atoms with Crippen molar-refractivity contribution in [1.29, 1.82) is 0 Å². The molecule has 0 bridgehead atoms. The fraction of sp³-hybridized carbons (Fsp3) is 0.333. The molecule has 0 radical (unpaired) electrons. The van der Waals surface area contributed by atoms with Crippen LogP contribution in [0.3, 0.4) is 0 Å².